The van der Waals surface area contributed by atoms with Gasteiger partial charge in [-0.05, 0) is 281 Å². The summed E-state index contributed by atoms with van der Waals surface area (Å²) in [6.45, 7) is 38.9. The van der Waals surface area contributed by atoms with Crippen molar-refractivity contribution in [2.24, 2.45) is 11.8 Å². The van der Waals surface area contributed by atoms with Crippen molar-refractivity contribution in [3.05, 3.63) is 222 Å². The van der Waals surface area contributed by atoms with Gasteiger partial charge in [-0.25, -0.2) is 0 Å². The lowest BCUT2D eigenvalue weighted by molar-refractivity contribution is 0.437. The molecule has 2 saturated carbocycles. The lowest BCUT2D eigenvalue weighted by atomic mass is 9.77. The first-order chi connectivity index (χ1) is 47.5. The van der Waals surface area contributed by atoms with Gasteiger partial charge in [-0.2, -0.15) is 0 Å². The molecule has 7 aromatic rings. The molecule has 2 unspecified atom stereocenters. The zero-order valence-electron chi connectivity index (χ0n) is 66.7. The molecule has 2 aliphatic rings. The van der Waals surface area contributed by atoms with Crippen molar-refractivity contribution >= 4 is 0 Å². The molecule has 0 amide bonds. The van der Waals surface area contributed by atoms with Crippen molar-refractivity contribution in [2.45, 2.75) is 354 Å². The van der Waals surface area contributed by atoms with E-state index in [1.54, 1.807) is 50.1 Å². The summed E-state index contributed by atoms with van der Waals surface area (Å²) in [6.07, 6.45) is 47.8. The van der Waals surface area contributed by atoms with Gasteiger partial charge in [0, 0.05) is 0 Å². The Bertz CT molecular complexity index is 3070. The second-order valence-electron chi connectivity index (χ2n) is 31.0. The van der Waals surface area contributed by atoms with Gasteiger partial charge in [-0.15, -0.1) is 0 Å². The van der Waals surface area contributed by atoms with Crippen LogP contribution in [0.5, 0.6) is 0 Å². The topological polar surface area (TPSA) is 0 Å². The lowest BCUT2D eigenvalue weighted by Gasteiger charge is -2.28. The molecular formula is C98H146. The molecule has 0 spiro atoms. The third kappa shape index (κ3) is 29.2. The standard InChI is InChI=1S/C24H42.C20H30.C20H18.C20H34.C14H22/c1-7-11-13-21(9-3)17-23-15-20(6)24(16-19(23)5)18-22(10-4)14-12-8-2;2*1-15-13-20(18-11-7-4-8-12-18)16(2)14-19(15)17-9-5-3-6-10-17;1-5-7-9-11-13-19-15-18(4)20(16-17(19)3)14-12-10-8-6-2;1-4-5-6-7-8-14-11-12(2)9-10-13(14)3/h15-16,21-22H,7-14,17-18H2,1-6H3;13-14,17-18H,3-12H2,1-2H3;3-14H,1-2H3;15-16H,5-14H2,1-4H3;9-11H,4-8H2,1-3H3. The highest BCUT2D eigenvalue weighted by Gasteiger charge is 2.23. The maximum atomic E-state index is 2.55. The van der Waals surface area contributed by atoms with E-state index in [0.717, 1.165) is 23.7 Å². The van der Waals surface area contributed by atoms with E-state index in [-0.39, 0.29) is 0 Å². The fourth-order valence-electron chi connectivity index (χ4n) is 15.9. The van der Waals surface area contributed by atoms with Crippen LogP contribution in [0, 0.1) is 81.1 Å². The molecule has 0 radical (unpaired) electrons. The summed E-state index contributed by atoms with van der Waals surface area (Å²) in [7, 11) is 0. The average Bonchev–Trinajstić information content (AvgIpc) is 0.830. The SMILES string of the molecule is CCCCC(CC)Cc1cc(C)c(CC(CC)CCCC)cc1C.CCCCCCc1cc(C)c(CCCCCC)cc1C.CCCCCCc1cc(C)ccc1C.Cc1cc(-c2ccccc2)c(C)cc1-c1ccccc1.Cc1cc(C2CCCCC2)c(C)cc1C1CCCCC1. The first-order valence-electron chi connectivity index (χ1n) is 41.1. The summed E-state index contributed by atoms with van der Waals surface area (Å²) in [6, 6.07) is 47.6. The summed E-state index contributed by atoms with van der Waals surface area (Å²) < 4.78 is 0. The van der Waals surface area contributed by atoms with E-state index in [2.05, 4.69) is 245 Å². The smallest absolute Gasteiger partial charge is 0.0152 e. The van der Waals surface area contributed by atoms with Gasteiger partial charge in [-0.3, -0.25) is 0 Å². The predicted molar refractivity (Wildman–Crippen MR) is 440 cm³/mol. The Morgan fingerprint density at radius 3 is 0.969 bits per heavy atom. The number of rotatable bonds is 31. The van der Waals surface area contributed by atoms with Crippen LogP contribution in [0.4, 0.5) is 0 Å². The number of unbranched alkanes of at least 4 members (excludes halogenated alkanes) is 11. The lowest BCUT2D eigenvalue weighted by Crippen LogP contribution is -2.10. The van der Waals surface area contributed by atoms with E-state index in [1.165, 1.54) is 291 Å². The van der Waals surface area contributed by atoms with Crippen LogP contribution in [0.1, 0.15) is 348 Å². The highest BCUT2D eigenvalue weighted by molar-refractivity contribution is 5.76. The molecular weight excluding hydrogens is 1180 g/mol. The predicted octanol–water partition coefficient (Wildman–Crippen LogP) is 30.8. The van der Waals surface area contributed by atoms with Gasteiger partial charge in [0.15, 0.2) is 0 Å². The molecule has 0 bridgehead atoms. The van der Waals surface area contributed by atoms with E-state index in [0.29, 0.717) is 0 Å². The second-order valence-corrected chi connectivity index (χ2v) is 31.0. The number of aryl methyl sites for hydroxylation is 13. The van der Waals surface area contributed by atoms with Crippen LogP contribution >= 0.6 is 0 Å². The Kier molecular flexibility index (Phi) is 40.4. The molecule has 0 aromatic heterocycles. The van der Waals surface area contributed by atoms with Crippen molar-refractivity contribution in [1.29, 1.82) is 0 Å². The Balaban J connectivity index is 0.000000223. The summed E-state index contributed by atoms with van der Waals surface area (Å²) >= 11 is 0. The van der Waals surface area contributed by atoms with Crippen LogP contribution in [0.25, 0.3) is 22.3 Å². The molecule has 2 aliphatic carbocycles. The van der Waals surface area contributed by atoms with Crippen LogP contribution in [0.15, 0.2) is 127 Å². The van der Waals surface area contributed by atoms with Crippen molar-refractivity contribution in [3.8, 4) is 22.3 Å². The van der Waals surface area contributed by atoms with Crippen LogP contribution in [0.2, 0.25) is 0 Å². The van der Waals surface area contributed by atoms with Gasteiger partial charge in [0.05, 0.1) is 0 Å². The number of benzene rings is 7. The van der Waals surface area contributed by atoms with Gasteiger partial charge in [0.2, 0.25) is 0 Å². The summed E-state index contributed by atoms with van der Waals surface area (Å²) in [5.41, 5.74) is 31.1. The minimum absolute atomic E-state index is 0.850. The highest BCUT2D eigenvalue weighted by atomic mass is 14.3. The van der Waals surface area contributed by atoms with Crippen LogP contribution in [0.3, 0.4) is 0 Å². The Morgan fingerprint density at radius 2 is 0.622 bits per heavy atom. The Hall–Kier alpha value is -5.46. The number of hydrogen-bond acceptors (Lipinski definition) is 0. The van der Waals surface area contributed by atoms with Crippen molar-refractivity contribution in [2.75, 3.05) is 0 Å². The Morgan fingerprint density at radius 1 is 0.286 bits per heavy atom. The minimum Gasteiger partial charge on any atom is -0.0654 e. The largest absolute Gasteiger partial charge is 0.0654 e. The van der Waals surface area contributed by atoms with Crippen molar-refractivity contribution in [1.82, 2.24) is 0 Å². The van der Waals surface area contributed by atoms with Gasteiger partial charge < -0.3 is 0 Å². The summed E-state index contributed by atoms with van der Waals surface area (Å²) in [5.74, 6) is 3.43. The molecule has 538 valence electrons. The number of hydrogen-bond donors (Lipinski definition) is 0. The molecule has 0 nitrogen and oxygen atoms in total. The molecule has 0 N–H and O–H groups in total. The zero-order chi connectivity index (χ0) is 71.0. The fraction of sp³-hybridized carbons (Fsp3) is 0.571. The molecule has 0 saturated heterocycles. The van der Waals surface area contributed by atoms with Gasteiger partial charge in [0.1, 0.15) is 0 Å². The zero-order valence-corrected chi connectivity index (χ0v) is 66.7. The average molecular weight is 1320 g/mol. The first kappa shape index (κ1) is 83.2. The van der Waals surface area contributed by atoms with E-state index in [1.807, 2.05) is 0 Å². The van der Waals surface area contributed by atoms with Crippen LogP contribution in [-0.2, 0) is 32.1 Å². The van der Waals surface area contributed by atoms with E-state index in [9.17, 15) is 0 Å². The molecule has 98 heavy (non-hydrogen) atoms. The molecule has 2 atom stereocenters. The third-order valence-corrected chi connectivity index (χ3v) is 22.6. The van der Waals surface area contributed by atoms with Gasteiger partial charge in [0.25, 0.3) is 0 Å². The van der Waals surface area contributed by atoms with Crippen molar-refractivity contribution in [3.63, 3.8) is 0 Å². The Labute approximate surface area is 606 Å². The van der Waals surface area contributed by atoms with E-state index < -0.39 is 0 Å². The van der Waals surface area contributed by atoms with E-state index >= 15 is 0 Å². The monoisotopic (exact) mass is 1320 g/mol. The molecule has 2 fully saturated rings. The molecule has 0 aliphatic heterocycles. The first-order valence-corrected chi connectivity index (χ1v) is 41.1. The summed E-state index contributed by atoms with van der Waals surface area (Å²) in [5, 5.41) is 0. The van der Waals surface area contributed by atoms with Gasteiger partial charge in [-0.1, -0.05) is 329 Å². The molecule has 0 heterocycles. The normalized spacial score (nSPS) is 13.8. The maximum absolute atomic E-state index is 2.55. The molecule has 0 heteroatoms. The molecule has 7 aromatic carbocycles. The highest BCUT2D eigenvalue weighted by Crippen LogP contribution is 2.40. The fourth-order valence-corrected chi connectivity index (χ4v) is 15.9. The van der Waals surface area contributed by atoms with Crippen LogP contribution in [-0.4, -0.2) is 0 Å². The van der Waals surface area contributed by atoms with Gasteiger partial charge >= 0.3 is 0 Å². The van der Waals surface area contributed by atoms with Crippen molar-refractivity contribution < 1.29 is 0 Å². The maximum Gasteiger partial charge on any atom is -0.0152 e. The second kappa shape index (κ2) is 47.6. The quantitative estimate of drug-likeness (QED) is 0.0380. The molecule has 9 rings (SSSR count). The van der Waals surface area contributed by atoms with E-state index in [4.69, 9.17) is 0 Å². The minimum atomic E-state index is 0.850. The van der Waals surface area contributed by atoms with Crippen LogP contribution < -0.4 is 0 Å². The summed E-state index contributed by atoms with van der Waals surface area (Å²) in [4.78, 5) is 0. The third-order valence-electron chi connectivity index (χ3n) is 22.6.